The van der Waals surface area contributed by atoms with Crippen molar-refractivity contribution in [2.24, 2.45) is 0 Å². The van der Waals surface area contributed by atoms with Gasteiger partial charge in [0, 0.05) is 18.2 Å². The van der Waals surface area contributed by atoms with Gasteiger partial charge in [-0.05, 0) is 31.5 Å². The topological polar surface area (TPSA) is 129 Å². The second-order valence-electron chi connectivity index (χ2n) is 6.22. The zero-order valence-corrected chi connectivity index (χ0v) is 14.5. The molecule has 1 aliphatic heterocycles. The van der Waals surface area contributed by atoms with Gasteiger partial charge in [-0.25, -0.2) is 9.97 Å². The van der Waals surface area contributed by atoms with Gasteiger partial charge in [0.2, 0.25) is 6.41 Å². The number of nitrogens with zero attached hydrogens (tertiary/aromatic N) is 2. The average Bonchev–Trinajstić information content (AvgIpc) is 2.67. The Bertz CT molecular complexity index is 770. The molecule has 1 fully saturated rings. The molecule has 6 N–H and O–H groups in total. The summed E-state index contributed by atoms with van der Waals surface area (Å²) in [4.78, 5) is 18.8. The van der Waals surface area contributed by atoms with Crippen molar-refractivity contribution in [1.29, 1.82) is 5.41 Å². The Morgan fingerprint density at radius 1 is 1.27 bits per heavy atom. The van der Waals surface area contributed by atoms with E-state index in [2.05, 4.69) is 25.9 Å². The maximum Gasteiger partial charge on any atom is 0.207 e. The number of carbonyl (C=O) groups excluding carboxylic acids is 1. The molecule has 1 amide bonds. The normalized spacial score (nSPS) is 14.6. The van der Waals surface area contributed by atoms with Gasteiger partial charge in [0.25, 0.3) is 0 Å². The van der Waals surface area contributed by atoms with Crippen molar-refractivity contribution in [3.8, 4) is 0 Å². The number of nitrogens with one attached hydrogen (secondary N) is 4. The number of rotatable bonds is 7. The summed E-state index contributed by atoms with van der Waals surface area (Å²) in [6.45, 7) is 2.37. The lowest BCUT2D eigenvalue weighted by molar-refractivity contribution is -0.109. The van der Waals surface area contributed by atoms with Gasteiger partial charge in [0.1, 0.15) is 18.0 Å². The van der Waals surface area contributed by atoms with E-state index in [0.29, 0.717) is 30.4 Å². The minimum Gasteiger partial charge on any atom is -0.383 e. The van der Waals surface area contributed by atoms with Crippen molar-refractivity contribution in [2.75, 3.05) is 24.1 Å². The molecule has 0 saturated carbocycles. The molecule has 0 atom stereocenters. The fraction of sp³-hybridized carbons (Fsp3) is 0.333. The van der Waals surface area contributed by atoms with Crippen LogP contribution in [-0.4, -0.2) is 41.2 Å². The van der Waals surface area contributed by atoms with Crippen LogP contribution in [0.4, 0.5) is 11.6 Å². The van der Waals surface area contributed by atoms with E-state index in [1.165, 1.54) is 6.33 Å². The summed E-state index contributed by atoms with van der Waals surface area (Å²) in [5, 5.41) is 18.0. The number of aromatic nitrogens is 2. The number of anilines is 2. The molecular weight excluding hydrogens is 330 g/mol. The quantitative estimate of drug-likeness (QED) is 0.371. The van der Waals surface area contributed by atoms with Crippen LogP contribution in [-0.2, 0) is 11.3 Å². The van der Waals surface area contributed by atoms with Gasteiger partial charge in [-0.2, -0.15) is 0 Å². The van der Waals surface area contributed by atoms with Crippen molar-refractivity contribution >= 4 is 23.8 Å². The largest absolute Gasteiger partial charge is 0.383 e. The Morgan fingerprint density at radius 2 is 2.00 bits per heavy atom. The highest BCUT2D eigenvalue weighted by Gasteiger charge is 2.20. The van der Waals surface area contributed by atoms with Crippen molar-refractivity contribution < 1.29 is 4.79 Å². The first-order valence-corrected chi connectivity index (χ1v) is 8.62. The van der Waals surface area contributed by atoms with Gasteiger partial charge in [0.05, 0.1) is 11.3 Å². The molecule has 26 heavy (non-hydrogen) atoms. The van der Waals surface area contributed by atoms with E-state index >= 15 is 0 Å². The maximum absolute atomic E-state index is 10.4. The first-order valence-electron chi connectivity index (χ1n) is 8.62. The summed E-state index contributed by atoms with van der Waals surface area (Å²) in [5.41, 5.74) is 8.53. The Hall–Kier alpha value is -3.00. The fourth-order valence-electron chi connectivity index (χ4n) is 3.01. The monoisotopic (exact) mass is 353 g/mol. The van der Waals surface area contributed by atoms with E-state index in [9.17, 15) is 4.79 Å². The highest BCUT2D eigenvalue weighted by molar-refractivity contribution is 6.16. The van der Waals surface area contributed by atoms with Crippen LogP contribution < -0.4 is 21.7 Å². The summed E-state index contributed by atoms with van der Waals surface area (Å²) in [6.07, 6.45) is 4.07. The minimum atomic E-state index is 0.273. The number of benzene rings is 1. The molecular formula is C18H23N7O. The van der Waals surface area contributed by atoms with Gasteiger partial charge in [-0.15, -0.1) is 0 Å². The molecule has 0 unspecified atom stereocenters. The smallest absolute Gasteiger partial charge is 0.207 e. The number of piperidine rings is 1. The fourth-order valence-corrected chi connectivity index (χ4v) is 3.01. The molecule has 0 bridgehead atoms. The van der Waals surface area contributed by atoms with E-state index in [4.69, 9.17) is 11.1 Å². The van der Waals surface area contributed by atoms with Crippen molar-refractivity contribution in [3.05, 3.63) is 47.3 Å². The van der Waals surface area contributed by atoms with E-state index in [-0.39, 0.29) is 11.5 Å². The third kappa shape index (κ3) is 4.15. The van der Waals surface area contributed by atoms with Gasteiger partial charge in [-0.1, -0.05) is 24.3 Å². The molecule has 1 aromatic carbocycles. The van der Waals surface area contributed by atoms with Gasteiger partial charge >= 0.3 is 0 Å². The molecule has 1 aliphatic rings. The van der Waals surface area contributed by atoms with Crippen LogP contribution in [0.25, 0.3) is 0 Å². The number of hydrogen-bond donors (Lipinski definition) is 5. The van der Waals surface area contributed by atoms with E-state index in [0.717, 1.165) is 37.1 Å². The van der Waals surface area contributed by atoms with Crippen LogP contribution in [0.5, 0.6) is 0 Å². The minimum absolute atomic E-state index is 0.273. The third-order valence-electron chi connectivity index (χ3n) is 4.44. The van der Waals surface area contributed by atoms with Crippen LogP contribution in [0.15, 0.2) is 30.6 Å². The van der Waals surface area contributed by atoms with E-state index in [1.54, 1.807) is 0 Å². The molecule has 0 spiro atoms. The summed E-state index contributed by atoms with van der Waals surface area (Å²) in [6, 6.07) is 7.73. The molecule has 8 nitrogen and oxygen atoms in total. The highest BCUT2D eigenvalue weighted by atomic mass is 16.1. The Balaban J connectivity index is 1.82. The zero-order chi connectivity index (χ0) is 18.4. The molecule has 2 aromatic rings. The lowest BCUT2D eigenvalue weighted by atomic mass is 10.0. The number of hydrogen-bond acceptors (Lipinski definition) is 7. The number of amides is 1. The lowest BCUT2D eigenvalue weighted by Crippen LogP contribution is -2.36. The average molecular weight is 353 g/mol. The van der Waals surface area contributed by atoms with Crippen LogP contribution in [0.1, 0.15) is 29.5 Å². The maximum atomic E-state index is 10.4. The zero-order valence-electron chi connectivity index (χ0n) is 14.5. The molecule has 0 aliphatic carbocycles. The molecule has 2 heterocycles. The molecule has 0 radical (unpaired) electrons. The molecule has 8 heteroatoms. The van der Waals surface area contributed by atoms with Crippen LogP contribution in [0, 0.1) is 5.41 Å². The molecule has 1 saturated heterocycles. The van der Waals surface area contributed by atoms with Crippen molar-refractivity contribution in [3.63, 3.8) is 0 Å². The number of nitrogen functional groups attached to an aromatic ring is 1. The summed E-state index contributed by atoms with van der Waals surface area (Å²) >= 11 is 0. The van der Waals surface area contributed by atoms with E-state index in [1.807, 2.05) is 24.3 Å². The summed E-state index contributed by atoms with van der Waals surface area (Å²) in [5.74, 6) is 0.884. The van der Waals surface area contributed by atoms with Crippen LogP contribution >= 0.6 is 0 Å². The summed E-state index contributed by atoms with van der Waals surface area (Å²) < 4.78 is 0. The predicted octanol–water partition coefficient (Wildman–Crippen LogP) is 0.885. The van der Waals surface area contributed by atoms with Gasteiger partial charge < -0.3 is 21.7 Å². The van der Waals surface area contributed by atoms with Gasteiger partial charge in [-0.3, -0.25) is 10.2 Å². The SMILES string of the molecule is N=C(c1ccc(CNC=O)cc1)c1c(N)ncnc1NC1CCNCC1. The molecule has 3 rings (SSSR count). The Kier molecular flexibility index (Phi) is 5.75. The first kappa shape index (κ1) is 17.8. The van der Waals surface area contributed by atoms with E-state index < -0.39 is 0 Å². The number of carbonyl (C=O) groups is 1. The van der Waals surface area contributed by atoms with Crippen LogP contribution in [0.3, 0.4) is 0 Å². The summed E-state index contributed by atoms with van der Waals surface area (Å²) in [7, 11) is 0. The second-order valence-corrected chi connectivity index (χ2v) is 6.22. The Labute approximate surface area is 152 Å². The molecule has 136 valence electrons. The van der Waals surface area contributed by atoms with Gasteiger partial charge in [0.15, 0.2) is 0 Å². The third-order valence-corrected chi connectivity index (χ3v) is 4.44. The Morgan fingerprint density at radius 3 is 2.69 bits per heavy atom. The second kappa shape index (κ2) is 8.39. The lowest BCUT2D eigenvalue weighted by Gasteiger charge is -2.25. The first-order chi connectivity index (χ1) is 12.7. The standard InChI is InChI=1S/C18H23N7O/c19-16(13-3-1-12(2-4-13)9-22-11-26)15-17(20)23-10-24-18(15)25-14-5-7-21-8-6-14/h1-4,10-11,14,19,21H,5-9H2,(H,22,26)(H3,20,23,24,25). The van der Waals surface area contributed by atoms with Crippen molar-refractivity contribution in [2.45, 2.75) is 25.4 Å². The van der Waals surface area contributed by atoms with Crippen LogP contribution in [0.2, 0.25) is 0 Å². The number of nitrogens with two attached hydrogens (primary N) is 1. The highest BCUT2D eigenvalue weighted by Crippen LogP contribution is 2.23. The molecule has 1 aromatic heterocycles. The van der Waals surface area contributed by atoms with Crippen molar-refractivity contribution in [1.82, 2.24) is 20.6 Å². The predicted molar refractivity (Wildman–Crippen MR) is 101 cm³/mol.